The lowest BCUT2D eigenvalue weighted by Gasteiger charge is -2.29. The van der Waals surface area contributed by atoms with E-state index in [-0.39, 0.29) is 5.75 Å². The highest BCUT2D eigenvalue weighted by Gasteiger charge is 2.46. The molecule has 23 heavy (non-hydrogen) atoms. The first-order valence-electron chi connectivity index (χ1n) is 6.45. The molecular weight excluding hydrogens is 337 g/mol. The van der Waals surface area contributed by atoms with E-state index in [1.807, 2.05) is 4.72 Å². The van der Waals surface area contributed by atoms with E-state index in [4.69, 9.17) is 4.74 Å². The van der Waals surface area contributed by atoms with Crippen LogP contribution in [0.3, 0.4) is 0 Å². The zero-order chi connectivity index (χ0) is 18.0. The zero-order valence-electron chi connectivity index (χ0n) is 12.9. The van der Waals surface area contributed by atoms with Gasteiger partial charge in [0.25, 0.3) is 0 Å². The summed E-state index contributed by atoms with van der Waals surface area (Å²) in [5, 5.41) is 11.0. The maximum Gasteiger partial charge on any atom is 0.412 e. The van der Waals surface area contributed by atoms with Gasteiger partial charge in [0.1, 0.15) is 4.75 Å². The Balaban J connectivity index is 3.29. The van der Waals surface area contributed by atoms with Crippen LogP contribution < -0.4 is 9.46 Å². The normalized spacial score (nSPS) is 15.1. The zero-order valence-corrected chi connectivity index (χ0v) is 13.7. The Morgan fingerprint density at radius 2 is 1.87 bits per heavy atom. The van der Waals surface area contributed by atoms with Crippen LogP contribution in [0.1, 0.15) is 32.4 Å². The first kappa shape index (κ1) is 19.5. The minimum absolute atomic E-state index is 0.156. The summed E-state index contributed by atoms with van der Waals surface area (Å²) in [5.74, 6) is -0.156. The first-order valence-corrected chi connectivity index (χ1v) is 7.60. The predicted molar refractivity (Wildman–Crippen MR) is 79.5 cm³/mol. The molecule has 0 saturated carbocycles. The van der Waals surface area contributed by atoms with E-state index < -0.39 is 44.5 Å². The molecule has 130 valence electrons. The molecular formula is C13H17F3N2O4S. The van der Waals surface area contributed by atoms with Crippen molar-refractivity contribution in [2.45, 2.75) is 37.7 Å². The molecule has 0 aliphatic heterocycles. The number of nitrogens with one attached hydrogen (secondary N) is 1. The first-order chi connectivity index (χ1) is 10.4. The predicted octanol–water partition coefficient (Wildman–Crippen LogP) is 3.26. The van der Waals surface area contributed by atoms with Crippen molar-refractivity contribution in [1.82, 2.24) is 4.72 Å². The fourth-order valence-corrected chi connectivity index (χ4v) is 2.47. The average molecular weight is 354 g/mol. The topological polar surface area (TPSA) is 87.5 Å². The fraction of sp³-hybridized carbons (Fsp3) is 0.538. The number of nitrogens with zero attached hydrogens (tertiary/aromatic N) is 1. The van der Waals surface area contributed by atoms with Crippen molar-refractivity contribution in [2.24, 2.45) is 0 Å². The molecule has 1 aromatic carbocycles. The summed E-state index contributed by atoms with van der Waals surface area (Å²) < 4.78 is 57.6. The van der Waals surface area contributed by atoms with E-state index in [0.717, 1.165) is 18.2 Å². The summed E-state index contributed by atoms with van der Waals surface area (Å²) in [6.07, 6.45) is -4.77. The molecule has 0 spiro atoms. The second-order valence-corrected chi connectivity index (χ2v) is 7.66. The van der Waals surface area contributed by atoms with Crippen LogP contribution in [0.25, 0.3) is 0 Å². The van der Waals surface area contributed by atoms with Crippen LogP contribution in [0.2, 0.25) is 0 Å². The Morgan fingerprint density at radius 3 is 2.26 bits per heavy atom. The molecule has 10 heteroatoms. The van der Waals surface area contributed by atoms with Crippen LogP contribution in [0.15, 0.2) is 18.2 Å². The fourth-order valence-electron chi connectivity index (χ4n) is 1.64. The molecule has 0 aromatic heterocycles. The van der Waals surface area contributed by atoms with Gasteiger partial charge in [-0.25, -0.2) is 0 Å². The average Bonchev–Trinajstić information content (AvgIpc) is 2.41. The van der Waals surface area contributed by atoms with Crippen LogP contribution in [0.5, 0.6) is 5.75 Å². The third-order valence-electron chi connectivity index (χ3n) is 2.84. The summed E-state index contributed by atoms with van der Waals surface area (Å²) in [7, 11) is 1.18. The summed E-state index contributed by atoms with van der Waals surface area (Å²) in [4.78, 5) is 10.1. The highest BCUT2D eigenvalue weighted by molar-refractivity contribution is 7.90. The van der Waals surface area contributed by atoms with E-state index in [1.54, 1.807) is 0 Å². The van der Waals surface area contributed by atoms with Crippen LogP contribution >= 0.6 is 0 Å². The SMILES string of the molecule is COc1ccc([C@@H](N[S+]([O-])C(C)(C)C)C(F)(F)F)cc1[N+](=O)[O-]. The Hall–Kier alpha value is -1.52. The molecule has 1 aromatic rings. The van der Waals surface area contributed by atoms with Crippen molar-refractivity contribution < 1.29 is 27.4 Å². The number of hydrogen-bond donors (Lipinski definition) is 1. The standard InChI is InChI=1S/C13H17F3N2O4S/c1-12(2,3)23(21)17-11(13(14,15)16)8-5-6-10(22-4)9(7-8)18(19)20/h5-7,11,17H,1-4H3/t11-,23?/m1/s1. The molecule has 1 N–H and O–H groups in total. The van der Waals surface area contributed by atoms with Gasteiger partial charge in [-0.15, -0.1) is 4.72 Å². The lowest BCUT2D eigenvalue weighted by atomic mass is 10.1. The molecule has 0 saturated heterocycles. The van der Waals surface area contributed by atoms with Gasteiger partial charge in [-0.1, -0.05) is 6.07 Å². The number of benzene rings is 1. The van der Waals surface area contributed by atoms with Crippen LogP contribution in [-0.2, 0) is 11.4 Å². The number of rotatable bonds is 5. The van der Waals surface area contributed by atoms with E-state index in [9.17, 15) is 27.8 Å². The van der Waals surface area contributed by atoms with Gasteiger partial charge in [0.2, 0.25) is 0 Å². The maximum absolute atomic E-state index is 13.3. The molecule has 2 atom stereocenters. The van der Waals surface area contributed by atoms with Gasteiger partial charge >= 0.3 is 11.9 Å². The lowest BCUT2D eigenvalue weighted by Crippen LogP contribution is -2.45. The Bertz CT molecular complexity index is 575. The third-order valence-corrected chi connectivity index (χ3v) is 4.40. The Labute approximate surface area is 134 Å². The lowest BCUT2D eigenvalue weighted by molar-refractivity contribution is -0.385. The van der Waals surface area contributed by atoms with Crippen molar-refractivity contribution in [2.75, 3.05) is 7.11 Å². The minimum atomic E-state index is -4.77. The minimum Gasteiger partial charge on any atom is -0.598 e. The van der Waals surface area contributed by atoms with Gasteiger partial charge in [-0.05, 0) is 32.4 Å². The van der Waals surface area contributed by atoms with Gasteiger partial charge in [0.05, 0.1) is 12.0 Å². The van der Waals surface area contributed by atoms with E-state index in [1.165, 1.54) is 27.9 Å². The largest absolute Gasteiger partial charge is 0.598 e. The van der Waals surface area contributed by atoms with Gasteiger partial charge < -0.3 is 9.29 Å². The van der Waals surface area contributed by atoms with Crippen LogP contribution in [0, 0.1) is 10.1 Å². The molecule has 0 aliphatic carbocycles. The number of ether oxygens (including phenoxy) is 1. The number of halogens is 3. The van der Waals surface area contributed by atoms with Crippen LogP contribution in [0.4, 0.5) is 18.9 Å². The number of hydrogen-bond acceptors (Lipinski definition) is 5. The maximum atomic E-state index is 13.3. The van der Waals surface area contributed by atoms with Crippen molar-refractivity contribution >= 4 is 17.0 Å². The summed E-state index contributed by atoms with van der Waals surface area (Å²) in [6.45, 7) is 4.54. The van der Waals surface area contributed by atoms with Gasteiger partial charge in [0, 0.05) is 17.4 Å². The number of methoxy groups -OCH3 is 1. The van der Waals surface area contributed by atoms with Crippen molar-refractivity contribution in [1.29, 1.82) is 0 Å². The quantitative estimate of drug-likeness (QED) is 0.498. The molecule has 0 heterocycles. The molecule has 0 amide bonds. The van der Waals surface area contributed by atoms with Crippen molar-refractivity contribution in [3.63, 3.8) is 0 Å². The highest BCUT2D eigenvalue weighted by Crippen LogP contribution is 2.38. The van der Waals surface area contributed by atoms with E-state index in [0.29, 0.717) is 0 Å². The monoisotopic (exact) mass is 354 g/mol. The second kappa shape index (κ2) is 6.93. The molecule has 0 bridgehead atoms. The van der Waals surface area contributed by atoms with Gasteiger partial charge in [-0.2, -0.15) is 13.2 Å². The van der Waals surface area contributed by atoms with Crippen molar-refractivity contribution in [3.8, 4) is 5.75 Å². The van der Waals surface area contributed by atoms with E-state index in [2.05, 4.69) is 0 Å². The Morgan fingerprint density at radius 1 is 1.30 bits per heavy atom. The molecule has 6 nitrogen and oxygen atoms in total. The second-order valence-electron chi connectivity index (χ2n) is 5.66. The van der Waals surface area contributed by atoms with Gasteiger partial charge in [0.15, 0.2) is 11.8 Å². The number of alkyl halides is 3. The van der Waals surface area contributed by atoms with Crippen LogP contribution in [-0.4, -0.2) is 27.5 Å². The van der Waals surface area contributed by atoms with Crippen molar-refractivity contribution in [3.05, 3.63) is 33.9 Å². The summed E-state index contributed by atoms with van der Waals surface area (Å²) in [6, 6.07) is 0.598. The molecule has 0 fully saturated rings. The highest BCUT2D eigenvalue weighted by atomic mass is 32.2. The summed E-state index contributed by atoms with van der Waals surface area (Å²) >= 11 is -2.01. The smallest absolute Gasteiger partial charge is 0.412 e. The molecule has 1 unspecified atom stereocenters. The number of nitro benzene ring substituents is 1. The summed E-state index contributed by atoms with van der Waals surface area (Å²) in [5.41, 5.74) is -1.01. The third kappa shape index (κ3) is 4.98. The van der Waals surface area contributed by atoms with E-state index >= 15 is 0 Å². The molecule has 1 rings (SSSR count). The van der Waals surface area contributed by atoms with Gasteiger partial charge in [-0.3, -0.25) is 10.1 Å². The Kier molecular flexibility index (Phi) is 5.89. The molecule has 0 radical (unpaired) electrons. The number of nitro groups is 1. The molecule has 0 aliphatic rings.